The van der Waals surface area contributed by atoms with Crippen LogP contribution in [0.3, 0.4) is 0 Å². The summed E-state index contributed by atoms with van der Waals surface area (Å²) in [4.78, 5) is 8.19. The number of aromatic nitrogens is 5. The number of nitrogens with zero attached hydrogens (tertiary/aromatic N) is 4. The lowest BCUT2D eigenvalue weighted by Gasteiger charge is -2.11. The van der Waals surface area contributed by atoms with Crippen molar-refractivity contribution in [2.24, 2.45) is 0 Å². The normalized spacial score (nSPS) is 12.2. The summed E-state index contributed by atoms with van der Waals surface area (Å²) < 4.78 is 7.19. The maximum absolute atomic E-state index is 4.60. The third-order valence-corrected chi connectivity index (χ3v) is 11.1. The van der Waals surface area contributed by atoms with E-state index in [-0.39, 0.29) is 0 Å². The monoisotopic (exact) mass is 663 g/mol. The van der Waals surface area contributed by atoms with Crippen molar-refractivity contribution >= 4 is 87.2 Å². The Morgan fingerprint density at radius 1 is 0.327 bits per heavy atom. The van der Waals surface area contributed by atoms with Crippen LogP contribution in [0.4, 0.5) is 0 Å². The molecule has 5 aromatic heterocycles. The number of pyridine rings is 1. The largest absolute Gasteiger partial charge is 0.355 e. The van der Waals surface area contributed by atoms with Gasteiger partial charge < -0.3 is 18.7 Å². The summed E-state index contributed by atoms with van der Waals surface area (Å²) in [6.45, 7) is 0. The van der Waals surface area contributed by atoms with Crippen molar-refractivity contribution in [2.75, 3.05) is 0 Å². The summed E-state index contributed by atoms with van der Waals surface area (Å²) in [5.74, 6) is 0. The number of H-pyrrole nitrogens is 1. The number of fused-ring (bicyclic) bond motifs is 12. The first-order valence-electron chi connectivity index (χ1n) is 17.7. The molecule has 0 atom stereocenters. The number of hydrogen-bond donors (Lipinski definition) is 1. The molecule has 0 fully saturated rings. The number of para-hydroxylation sites is 4. The van der Waals surface area contributed by atoms with Crippen LogP contribution in [0, 0.1) is 0 Å². The van der Waals surface area contributed by atoms with Crippen molar-refractivity contribution in [3.63, 3.8) is 0 Å². The van der Waals surface area contributed by atoms with Crippen LogP contribution < -0.4 is 0 Å². The van der Waals surface area contributed by atoms with E-state index in [1.54, 1.807) is 0 Å². The molecule has 5 nitrogen and oxygen atoms in total. The van der Waals surface area contributed by atoms with Crippen molar-refractivity contribution < 1.29 is 0 Å². The Morgan fingerprint density at radius 2 is 0.750 bits per heavy atom. The fourth-order valence-corrected chi connectivity index (χ4v) is 8.83. The molecule has 0 spiro atoms. The van der Waals surface area contributed by atoms with Gasteiger partial charge in [0, 0.05) is 83.6 Å². The molecular formula is C47H29N5. The SMILES string of the molecule is c1ccc2c(c1)[nH]c1ccc(-n3c4ccccc4c4cc(-n5c6ccncc6c6cc(-n7c8ccccc8c8ccccc87)ccc65)ccc43)cc12. The van der Waals surface area contributed by atoms with E-state index in [1.807, 2.05) is 12.4 Å². The van der Waals surface area contributed by atoms with Crippen molar-refractivity contribution in [1.82, 2.24) is 23.7 Å². The highest BCUT2D eigenvalue weighted by atomic mass is 15.0. The van der Waals surface area contributed by atoms with E-state index in [0.717, 1.165) is 44.5 Å². The highest BCUT2D eigenvalue weighted by molar-refractivity contribution is 6.14. The van der Waals surface area contributed by atoms with Gasteiger partial charge in [0.05, 0.1) is 33.1 Å². The Hall–Kier alpha value is -7.11. The molecule has 5 heteroatoms. The topological polar surface area (TPSA) is 43.5 Å². The molecule has 0 aliphatic rings. The average Bonchev–Trinajstić information content (AvgIpc) is 3.93. The van der Waals surface area contributed by atoms with Gasteiger partial charge in [-0.15, -0.1) is 0 Å². The zero-order chi connectivity index (χ0) is 33.9. The van der Waals surface area contributed by atoms with E-state index in [0.29, 0.717) is 0 Å². The van der Waals surface area contributed by atoms with Gasteiger partial charge in [0.25, 0.3) is 0 Å². The number of benzene rings is 7. The highest BCUT2D eigenvalue weighted by Crippen LogP contribution is 2.39. The van der Waals surface area contributed by atoms with Gasteiger partial charge in [-0.25, -0.2) is 0 Å². The van der Waals surface area contributed by atoms with Gasteiger partial charge in [0.1, 0.15) is 0 Å². The van der Waals surface area contributed by atoms with Crippen molar-refractivity contribution in [3.05, 3.63) is 170 Å². The van der Waals surface area contributed by atoms with Crippen LogP contribution >= 0.6 is 0 Å². The number of nitrogens with one attached hydrogen (secondary N) is 1. The molecule has 12 aromatic rings. The second kappa shape index (κ2) is 10.2. The van der Waals surface area contributed by atoms with E-state index in [4.69, 9.17) is 0 Å². The molecule has 12 rings (SSSR count). The minimum atomic E-state index is 1.12. The first-order chi connectivity index (χ1) is 25.8. The molecule has 0 bridgehead atoms. The Kier molecular flexibility index (Phi) is 5.44. The van der Waals surface area contributed by atoms with Gasteiger partial charge in [-0.3, -0.25) is 4.98 Å². The van der Waals surface area contributed by atoms with E-state index < -0.39 is 0 Å². The van der Waals surface area contributed by atoms with Crippen LogP contribution in [0.1, 0.15) is 0 Å². The molecule has 0 saturated carbocycles. The molecular weight excluding hydrogens is 635 g/mol. The number of aromatic amines is 1. The van der Waals surface area contributed by atoms with Crippen molar-refractivity contribution in [2.45, 2.75) is 0 Å². The molecule has 52 heavy (non-hydrogen) atoms. The van der Waals surface area contributed by atoms with Crippen LogP contribution in [0.15, 0.2) is 170 Å². The zero-order valence-corrected chi connectivity index (χ0v) is 28.0. The molecule has 1 N–H and O–H groups in total. The van der Waals surface area contributed by atoms with Gasteiger partial charge in [-0.2, -0.15) is 0 Å². The van der Waals surface area contributed by atoms with Gasteiger partial charge in [-0.05, 0) is 84.9 Å². The summed E-state index contributed by atoms with van der Waals surface area (Å²) in [5.41, 5.74) is 12.8. The van der Waals surface area contributed by atoms with Gasteiger partial charge in [0.2, 0.25) is 0 Å². The van der Waals surface area contributed by atoms with E-state index in [2.05, 4.69) is 181 Å². The second-order valence-corrected chi connectivity index (χ2v) is 13.8. The summed E-state index contributed by atoms with van der Waals surface area (Å²) in [7, 11) is 0. The van der Waals surface area contributed by atoms with Crippen LogP contribution in [0.5, 0.6) is 0 Å². The average molecular weight is 664 g/mol. The van der Waals surface area contributed by atoms with Crippen LogP contribution in [0.25, 0.3) is 104 Å². The molecule has 242 valence electrons. The lowest BCUT2D eigenvalue weighted by atomic mass is 10.1. The van der Waals surface area contributed by atoms with Crippen LogP contribution in [0.2, 0.25) is 0 Å². The summed E-state index contributed by atoms with van der Waals surface area (Å²) in [6, 6.07) is 57.3. The third-order valence-electron chi connectivity index (χ3n) is 11.1. The van der Waals surface area contributed by atoms with Gasteiger partial charge in [0.15, 0.2) is 0 Å². The third kappa shape index (κ3) is 3.69. The first-order valence-corrected chi connectivity index (χ1v) is 17.7. The van der Waals surface area contributed by atoms with Gasteiger partial charge >= 0.3 is 0 Å². The number of rotatable bonds is 3. The lowest BCUT2D eigenvalue weighted by molar-refractivity contribution is 1.16. The predicted molar refractivity (Wildman–Crippen MR) is 217 cm³/mol. The second-order valence-electron chi connectivity index (χ2n) is 13.8. The Morgan fingerprint density at radius 3 is 1.37 bits per heavy atom. The van der Waals surface area contributed by atoms with E-state index in [1.165, 1.54) is 59.8 Å². The molecule has 0 amide bonds. The van der Waals surface area contributed by atoms with Crippen molar-refractivity contribution in [3.8, 4) is 17.1 Å². The Bertz CT molecular complexity index is 3370. The molecule has 0 aliphatic carbocycles. The Labute approximate surface area is 297 Å². The molecule has 0 aliphatic heterocycles. The fraction of sp³-hybridized carbons (Fsp3) is 0. The molecule has 0 saturated heterocycles. The maximum Gasteiger partial charge on any atom is 0.0571 e. The minimum absolute atomic E-state index is 1.12. The smallest absolute Gasteiger partial charge is 0.0571 e. The molecule has 7 aromatic carbocycles. The minimum Gasteiger partial charge on any atom is -0.355 e. The first kappa shape index (κ1) is 27.7. The van der Waals surface area contributed by atoms with Crippen LogP contribution in [-0.2, 0) is 0 Å². The molecule has 0 radical (unpaired) electrons. The maximum atomic E-state index is 4.60. The van der Waals surface area contributed by atoms with E-state index >= 15 is 0 Å². The number of hydrogen-bond acceptors (Lipinski definition) is 1. The van der Waals surface area contributed by atoms with Crippen LogP contribution in [-0.4, -0.2) is 23.7 Å². The summed E-state index contributed by atoms with van der Waals surface area (Å²) in [6.07, 6.45) is 3.91. The zero-order valence-electron chi connectivity index (χ0n) is 28.0. The Balaban J connectivity index is 1.08. The highest BCUT2D eigenvalue weighted by Gasteiger charge is 2.19. The van der Waals surface area contributed by atoms with Crippen molar-refractivity contribution in [1.29, 1.82) is 0 Å². The summed E-state index contributed by atoms with van der Waals surface area (Å²) in [5, 5.41) is 9.76. The lowest BCUT2D eigenvalue weighted by Crippen LogP contribution is -1.96. The standard InChI is InChI=1S/C47H29N5/c1-5-13-40-32(9-1)36-25-29(17-20-41(36)49-40)51-44-16-8-4-12-35(44)37-26-30(18-21-45(37)51)52-46-22-19-31(27-38(46)39-28-48-24-23-47(39)52)50-42-14-6-2-10-33(42)34-11-3-7-15-43(34)50/h1-28,49H. The predicted octanol–water partition coefficient (Wildman–Crippen LogP) is 12.0. The quantitative estimate of drug-likeness (QED) is 0.201. The van der Waals surface area contributed by atoms with Gasteiger partial charge in [-0.1, -0.05) is 72.8 Å². The van der Waals surface area contributed by atoms with E-state index in [9.17, 15) is 0 Å². The fourth-order valence-electron chi connectivity index (χ4n) is 8.83. The molecule has 5 heterocycles. The summed E-state index contributed by atoms with van der Waals surface area (Å²) >= 11 is 0. The molecule has 0 unspecified atom stereocenters.